The van der Waals surface area contributed by atoms with E-state index in [0.717, 1.165) is 5.56 Å². The Hall–Kier alpha value is -1.94. The van der Waals surface area contributed by atoms with Crippen LogP contribution >= 0.6 is 11.6 Å². The summed E-state index contributed by atoms with van der Waals surface area (Å²) in [5.41, 5.74) is 1.68. The Morgan fingerprint density at radius 1 is 1.25 bits per heavy atom. The third-order valence-corrected chi connectivity index (χ3v) is 6.16. The summed E-state index contributed by atoms with van der Waals surface area (Å²) in [6.45, 7) is 5.49. The fourth-order valence-electron chi connectivity index (χ4n) is 2.39. The van der Waals surface area contributed by atoms with E-state index >= 15 is 0 Å². The van der Waals surface area contributed by atoms with Gasteiger partial charge in [0.25, 0.3) is 10.0 Å². The molecule has 0 bridgehead atoms. The molecule has 0 aliphatic carbocycles. The highest BCUT2D eigenvalue weighted by Crippen LogP contribution is 2.28. The van der Waals surface area contributed by atoms with Crippen molar-refractivity contribution in [3.63, 3.8) is 0 Å². The van der Waals surface area contributed by atoms with Gasteiger partial charge in [0.05, 0.1) is 16.3 Å². The van der Waals surface area contributed by atoms with Crippen molar-refractivity contribution in [2.75, 3.05) is 6.54 Å². The van der Waals surface area contributed by atoms with Gasteiger partial charge in [0.15, 0.2) is 5.03 Å². The highest BCUT2D eigenvalue weighted by Gasteiger charge is 2.30. The summed E-state index contributed by atoms with van der Waals surface area (Å²) in [5.74, 6) is 0. The van der Waals surface area contributed by atoms with E-state index in [-0.39, 0.29) is 23.7 Å². The van der Waals surface area contributed by atoms with Gasteiger partial charge in [-0.3, -0.25) is 0 Å². The van der Waals surface area contributed by atoms with E-state index in [1.807, 2.05) is 36.4 Å². The molecule has 0 aliphatic rings. The van der Waals surface area contributed by atoms with Gasteiger partial charge >= 0.3 is 0 Å². The molecule has 126 valence electrons. The van der Waals surface area contributed by atoms with Crippen LogP contribution in [0.5, 0.6) is 0 Å². The lowest BCUT2D eigenvalue weighted by Gasteiger charge is -2.21. The molecule has 24 heavy (non-hydrogen) atoms. The molecule has 0 atom stereocenters. The first kappa shape index (κ1) is 18.4. The lowest BCUT2D eigenvalue weighted by Crippen LogP contribution is -2.32. The SMILES string of the molecule is CCN(Cc1ccccc1)S(=O)(=O)c1nc(C)c(Cl)c(C)c1C#N. The second-order valence-corrected chi connectivity index (χ2v) is 7.58. The number of nitrogens with zero attached hydrogens (tertiary/aromatic N) is 3. The molecule has 0 saturated heterocycles. The Bertz CT molecular complexity index is 890. The minimum absolute atomic E-state index is 0.00267. The molecule has 0 fully saturated rings. The van der Waals surface area contributed by atoms with E-state index in [9.17, 15) is 13.7 Å². The maximum absolute atomic E-state index is 13.0. The third kappa shape index (κ3) is 3.44. The van der Waals surface area contributed by atoms with E-state index in [1.54, 1.807) is 20.8 Å². The van der Waals surface area contributed by atoms with Crippen LogP contribution in [0, 0.1) is 25.2 Å². The Morgan fingerprint density at radius 2 is 1.88 bits per heavy atom. The van der Waals surface area contributed by atoms with Gasteiger partial charge in [-0.2, -0.15) is 9.57 Å². The van der Waals surface area contributed by atoms with Gasteiger partial charge in [-0.05, 0) is 25.0 Å². The summed E-state index contributed by atoms with van der Waals surface area (Å²) in [5, 5.41) is 9.47. The second kappa shape index (κ2) is 7.31. The van der Waals surface area contributed by atoms with Crippen molar-refractivity contribution < 1.29 is 8.42 Å². The van der Waals surface area contributed by atoms with Crippen LogP contribution in [0.2, 0.25) is 5.02 Å². The van der Waals surface area contributed by atoms with E-state index < -0.39 is 10.0 Å². The zero-order chi connectivity index (χ0) is 17.9. The minimum Gasteiger partial charge on any atom is -0.237 e. The fourth-order valence-corrected chi connectivity index (χ4v) is 4.14. The van der Waals surface area contributed by atoms with Gasteiger partial charge in [0, 0.05) is 13.1 Å². The number of nitriles is 1. The molecule has 2 rings (SSSR count). The van der Waals surface area contributed by atoms with Crippen molar-refractivity contribution in [2.45, 2.75) is 32.3 Å². The molecule has 0 saturated carbocycles. The van der Waals surface area contributed by atoms with Crippen LogP contribution in [0.15, 0.2) is 35.4 Å². The summed E-state index contributed by atoms with van der Waals surface area (Å²) < 4.78 is 27.4. The molecule has 7 heteroatoms. The van der Waals surface area contributed by atoms with E-state index in [1.165, 1.54) is 4.31 Å². The van der Waals surface area contributed by atoms with E-state index in [0.29, 0.717) is 16.3 Å². The van der Waals surface area contributed by atoms with Crippen LogP contribution in [0.3, 0.4) is 0 Å². The molecule has 0 spiro atoms. The first-order valence-electron chi connectivity index (χ1n) is 7.43. The van der Waals surface area contributed by atoms with Crippen LogP contribution in [0.1, 0.15) is 29.3 Å². The zero-order valence-corrected chi connectivity index (χ0v) is 15.3. The highest BCUT2D eigenvalue weighted by molar-refractivity contribution is 7.89. The molecule has 2 aromatic rings. The van der Waals surface area contributed by atoms with Crippen molar-refractivity contribution in [2.24, 2.45) is 0 Å². The van der Waals surface area contributed by atoms with Gasteiger partial charge < -0.3 is 0 Å². The summed E-state index contributed by atoms with van der Waals surface area (Å²) in [6, 6.07) is 11.2. The molecule has 0 radical (unpaired) electrons. The Balaban J connectivity index is 2.55. The molecule has 0 aliphatic heterocycles. The van der Waals surface area contributed by atoms with Gasteiger partial charge in [0.1, 0.15) is 6.07 Å². The summed E-state index contributed by atoms with van der Waals surface area (Å²) in [4.78, 5) is 4.10. The predicted molar refractivity (Wildman–Crippen MR) is 93.1 cm³/mol. The molecular weight excluding hydrogens is 346 g/mol. The molecular formula is C17H18ClN3O2S. The molecule has 0 N–H and O–H groups in total. The average Bonchev–Trinajstić information content (AvgIpc) is 2.58. The Morgan fingerprint density at radius 3 is 2.42 bits per heavy atom. The number of benzene rings is 1. The highest BCUT2D eigenvalue weighted by atomic mass is 35.5. The van der Waals surface area contributed by atoms with Crippen molar-refractivity contribution in [3.05, 3.63) is 57.7 Å². The van der Waals surface area contributed by atoms with Gasteiger partial charge in [-0.15, -0.1) is 0 Å². The van der Waals surface area contributed by atoms with Gasteiger partial charge in [-0.25, -0.2) is 13.4 Å². The standard InChI is InChI=1S/C17H18ClN3O2S/c1-4-21(11-14-8-6-5-7-9-14)24(22,23)17-15(10-19)12(2)16(18)13(3)20-17/h5-9H,4,11H2,1-3H3. The Kier molecular flexibility index (Phi) is 5.60. The zero-order valence-electron chi connectivity index (χ0n) is 13.7. The normalized spacial score (nSPS) is 11.5. The summed E-state index contributed by atoms with van der Waals surface area (Å²) >= 11 is 6.10. The van der Waals surface area contributed by atoms with Crippen molar-refractivity contribution in [1.29, 1.82) is 5.26 Å². The fraction of sp³-hybridized carbons (Fsp3) is 0.294. The number of pyridine rings is 1. The minimum atomic E-state index is -3.91. The first-order chi connectivity index (χ1) is 11.3. The van der Waals surface area contributed by atoms with Crippen LogP contribution in [-0.2, 0) is 16.6 Å². The van der Waals surface area contributed by atoms with Crippen molar-refractivity contribution in [3.8, 4) is 6.07 Å². The van der Waals surface area contributed by atoms with E-state index in [2.05, 4.69) is 4.98 Å². The number of hydrogen-bond donors (Lipinski definition) is 0. The number of aromatic nitrogens is 1. The smallest absolute Gasteiger partial charge is 0.237 e. The lowest BCUT2D eigenvalue weighted by molar-refractivity contribution is 0.421. The molecule has 0 unspecified atom stereocenters. The first-order valence-corrected chi connectivity index (χ1v) is 9.25. The quantitative estimate of drug-likeness (QED) is 0.815. The van der Waals surface area contributed by atoms with Crippen LogP contribution < -0.4 is 0 Å². The number of hydrogen-bond acceptors (Lipinski definition) is 4. The Labute approximate surface area is 147 Å². The maximum Gasteiger partial charge on any atom is 0.262 e. The second-order valence-electron chi connectivity index (χ2n) is 5.34. The largest absolute Gasteiger partial charge is 0.262 e. The monoisotopic (exact) mass is 363 g/mol. The van der Waals surface area contributed by atoms with Crippen LogP contribution in [-0.4, -0.2) is 24.3 Å². The topological polar surface area (TPSA) is 74.1 Å². The number of aryl methyl sites for hydroxylation is 1. The molecule has 0 amide bonds. The average molecular weight is 364 g/mol. The lowest BCUT2D eigenvalue weighted by atomic mass is 10.1. The molecule has 1 aromatic carbocycles. The van der Waals surface area contributed by atoms with Gasteiger partial charge in [0.2, 0.25) is 0 Å². The number of halogens is 1. The van der Waals surface area contributed by atoms with Crippen LogP contribution in [0.25, 0.3) is 0 Å². The van der Waals surface area contributed by atoms with Gasteiger partial charge in [-0.1, -0.05) is 48.9 Å². The molecule has 1 heterocycles. The third-order valence-electron chi connectivity index (χ3n) is 3.76. The predicted octanol–water partition coefficient (Wildman–Crippen LogP) is 3.43. The number of sulfonamides is 1. The number of rotatable bonds is 5. The van der Waals surface area contributed by atoms with Crippen LogP contribution in [0.4, 0.5) is 0 Å². The summed E-state index contributed by atoms with van der Waals surface area (Å²) in [7, 11) is -3.91. The molecule has 1 aromatic heterocycles. The van der Waals surface area contributed by atoms with Crippen molar-refractivity contribution in [1.82, 2.24) is 9.29 Å². The van der Waals surface area contributed by atoms with Crippen molar-refractivity contribution >= 4 is 21.6 Å². The summed E-state index contributed by atoms with van der Waals surface area (Å²) in [6.07, 6.45) is 0. The van der Waals surface area contributed by atoms with E-state index in [4.69, 9.17) is 11.6 Å². The molecule has 5 nitrogen and oxygen atoms in total. The maximum atomic E-state index is 13.0.